The van der Waals surface area contributed by atoms with Crippen LogP contribution in [0.2, 0.25) is 0 Å². The first-order chi connectivity index (χ1) is 16.9. The second-order valence-corrected chi connectivity index (χ2v) is 10.4. The molecule has 3 fully saturated rings. The second kappa shape index (κ2) is 10.3. The summed E-state index contributed by atoms with van der Waals surface area (Å²) in [6, 6.07) is 8.04. The van der Waals surface area contributed by atoms with Crippen LogP contribution in [-0.2, 0) is 20.8 Å². The molecule has 3 aliphatic rings. The Balaban J connectivity index is 1.22. The summed E-state index contributed by atoms with van der Waals surface area (Å²) >= 11 is 0. The van der Waals surface area contributed by atoms with Crippen molar-refractivity contribution >= 4 is 22.6 Å². The maximum atomic E-state index is 12.0. The van der Waals surface area contributed by atoms with Gasteiger partial charge in [-0.2, -0.15) is 0 Å². The molecule has 1 saturated carbocycles. The van der Waals surface area contributed by atoms with Gasteiger partial charge in [0.15, 0.2) is 5.79 Å². The van der Waals surface area contributed by atoms with E-state index in [9.17, 15) is 4.79 Å². The van der Waals surface area contributed by atoms with Crippen LogP contribution in [0.5, 0.6) is 0 Å². The Morgan fingerprint density at radius 3 is 2.46 bits per heavy atom. The Kier molecular flexibility index (Phi) is 7.20. The lowest BCUT2D eigenvalue weighted by atomic mass is 9.89. The average Bonchev–Trinajstić information content (AvgIpc) is 3.31. The van der Waals surface area contributed by atoms with E-state index in [0.29, 0.717) is 18.4 Å². The molecule has 5 rings (SSSR count). The van der Waals surface area contributed by atoms with Gasteiger partial charge in [-0.05, 0) is 30.9 Å². The van der Waals surface area contributed by atoms with Gasteiger partial charge >= 0.3 is 0 Å². The van der Waals surface area contributed by atoms with Gasteiger partial charge in [-0.15, -0.1) is 0 Å². The van der Waals surface area contributed by atoms with Crippen molar-refractivity contribution in [2.45, 2.75) is 63.9 Å². The van der Waals surface area contributed by atoms with E-state index in [2.05, 4.69) is 15.1 Å². The van der Waals surface area contributed by atoms with Crippen LogP contribution < -0.4 is 11.1 Å². The molecule has 0 bridgehead atoms. The second-order valence-electron chi connectivity index (χ2n) is 10.4. The maximum absolute atomic E-state index is 12.0. The van der Waals surface area contributed by atoms with Crippen LogP contribution in [0.15, 0.2) is 24.3 Å². The highest BCUT2D eigenvalue weighted by Gasteiger charge is 2.41. The number of para-hydroxylation sites is 1. The van der Waals surface area contributed by atoms with Gasteiger partial charge in [-0.3, -0.25) is 14.6 Å². The fraction of sp³-hybridized carbons (Fsp3) is 0.654. The Morgan fingerprint density at radius 1 is 1.11 bits per heavy atom. The molecular weight excluding hydrogens is 444 g/mol. The lowest BCUT2D eigenvalue weighted by Crippen LogP contribution is -2.52. The molecule has 3 heterocycles. The molecule has 9 nitrogen and oxygen atoms in total. The van der Waals surface area contributed by atoms with Crippen LogP contribution in [0, 0.1) is 5.92 Å². The molecule has 1 amide bonds. The number of nitrogens with zero attached hydrogens (tertiary/aromatic N) is 4. The molecule has 2 saturated heterocycles. The van der Waals surface area contributed by atoms with E-state index in [1.165, 1.54) is 0 Å². The highest BCUT2D eigenvalue weighted by Crippen LogP contribution is 2.37. The van der Waals surface area contributed by atoms with Gasteiger partial charge in [0, 0.05) is 50.4 Å². The van der Waals surface area contributed by atoms with Gasteiger partial charge in [0.2, 0.25) is 5.91 Å². The summed E-state index contributed by atoms with van der Waals surface area (Å²) in [6.45, 7) is 10.2. The third kappa shape index (κ3) is 5.43. The number of ether oxygens (including phenoxy) is 2. The van der Waals surface area contributed by atoms with Gasteiger partial charge < -0.3 is 20.5 Å². The van der Waals surface area contributed by atoms with Crippen molar-refractivity contribution < 1.29 is 14.3 Å². The number of benzene rings is 1. The standard InChI is InChI=1S/C26H38N6O3/c1-18(2)23(24(27)33)30-25-20-5-3-4-6-21(20)28-22(29-25)17-31-11-13-32(14-12-31)19-7-9-26(10-8-19)34-15-16-35-26/h3-6,18-19,23H,7-17H2,1-2H3,(H2,27,33)(H,28,29,30)/t23-/m0/s1. The normalized spacial score (nSPS) is 22.7. The topological polar surface area (TPSA) is 106 Å². The molecule has 2 aliphatic heterocycles. The van der Waals surface area contributed by atoms with Crippen molar-refractivity contribution in [3.63, 3.8) is 0 Å². The molecule has 1 atom stereocenters. The fourth-order valence-corrected chi connectivity index (χ4v) is 5.70. The van der Waals surface area contributed by atoms with Gasteiger partial charge in [-0.25, -0.2) is 9.97 Å². The highest BCUT2D eigenvalue weighted by atomic mass is 16.7. The molecular formula is C26H38N6O3. The SMILES string of the molecule is CC(C)[C@H](Nc1nc(CN2CCN(C3CCC4(CC3)OCCO4)CC2)nc2ccccc12)C(N)=O. The van der Waals surface area contributed by atoms with Crippen molar-refractivity contribution in [2.75, 3.05) is 44.7 Å². The number of anilines is 1. The molecule has 1 aromatic carbocycles. The van der Waals surface area contributed by atoms with Crippen LogP contribution in [0.3, 0.4) is 0 Å². The summed E-state index contributed by atoms with van der Waals surface area (Å²) in [6.07, 6.45) is 4.28. The van der Waals surface area contributed by atoms with Crippen molar-refractivity contribution in [3.8, 4) is 0 Å². The van der Waals surface area contributed by atoms with E-state index in [4.69, 9.17) is 25.2 Å². The summed E-state index contributed by atoms with van der Waals surface area (Å²) in [5.74, 6) is 0.830. The van der Waals surface area contributed by atoms with Crippen molar-refractivity contribution in [3.05, 3.63) is 30.1 Å². The number of primary amides is 1. The molecule has 3 N–H and O–H groups in total. The van der Waals surface area contributed by atoms with Crippen LogP contribution >= 0.6 is 0 Å². The molecule has 0 unspecified atom stereocenters. The number of hydrogen-bond donors (Lipinski definition) is 2. The Labute approximate surface area is 207 Å². The number of carbonyl (C=O) groups is 1. The number of nitrogens with two attached hydrogens (primary N) is 1. The number of piperazine rings is 1. The molecule has 1 aliphatic carbocycles. The third-order valence-corrected chi connectivity index (χ3v) is 7.73. The minimum atomic E-state index is -0.487. The molecule has 9 heteroatoms. The summed E-state index contributed by atoms with van der Waals surface area (Å²) in [5, 5.41) is 4.20. The third-order valence-electron chi connectivity index (χ3n) is 7.73. The summed E-state index contributed by atoms with van der Waals surface area (Å²) < 4.78 is 11.8. The van der Waals surface area contributed by atoms with Crippen LogP contribution in [0.25, 0.3) is 10.9 Å². The number of rotatable bonds is 7. The number of nitrogens with one attached hydrogen (secondary N) is 1. The fourth-order valence-electron chi connectivity index (χ4n) is 5.70. The molecule has 1 aromatic heterocycles. The first-order valence-corrected chi connectivity index (χ1v) is 13.0. The van der Waals surface area contributed by atoms with Crippen LogP contribution in [0.4, 0.5) is 5.82 Å². The Hall–Kier alpha value is -2.33. The molecule has 2 aromatic rings. The predicted octanol–water partition coefficient (Wildman–Crippen LogP) is 2.35. The van der Waals surface area contributed by atoms with Crippen molar-refractivity contribution in [1.82, 2.24) is 19.8 Å². The highest BCUT2D eigenvalue weighted by molar-refractivity contribution is 5.91. The molecule has 190 valence electrons. The first-order valence-electron chi connectivity index (χ1n) is 13.0. The van der Waals surface area contributed by atoms with E-state index < -0.39 is 6.04 Å². The van der Waals surface area contributed by atoms with E-state index in [1.807, 2.05) is 38.1 Å². The maximum Gasteiger partial charge on any atom is 0.240 e. The quantitative estimate of drug-likeness (QED) is 0.620. The largest absolute Gasteiger partial charge is 0.368 e. The molecule has 35 heavy (non-hydrogen) atoms. The lowest BCUT2D eigenvalue weighted by Gasteiger charge is -2.43. The monoisotopic (exact) mass is 482 g/mol. The Bertz CT molecular complexity index is 1020. The van der Waals surface area contributed by atoms with Gasteiger partial charge in [0.05, 0.1) is 25.3 Å². The van der Waals surface area contributed by atoms with Crippen molar-refractivity contribution in [1.29, 1.82) is 0 Å². The average molecular weight is 483 g/mol. The first kappa shape index (κ1) is 24.4. The van der Waals surface area contributed by atoms with Crippen LogP contribution in [0.1, 0.15) is 45.4 Å². The summed E-state index contributed by atoms with van der Waals surface area (Å²) in [4.78, 5) is 26.7. The minimum absolute atomic E-state index is 0.0548. The van der Waals surface area contributed by atoms with Gasteiger partial charge in [-0.1, -0.05) is 26.0 Å². The predicted molar refractivity (Wildman–Crippen MR) is 135 cm³/mol. The summed E-state index contributed by atoms with van der Waals surface area (Å²) in [5.41, 5.74) is 6.53. The summed E-state index contributed by atoms with van der Waals surface area (Å²) in [7, 11) is 0. The zero-order valence-corrected chi connectivity index (χ0v) is 20.9. The van der Waals surface area contributed by atoms with Crippen LogP contribution in [-0.4, -0.2) is 82.9 Å². The van der Waals surface area contributed by atoms with Gasteiger partial charge in [0.1, 0.15) is 17.7 Å². The number of carbonyl (C=O) groups excluding carboxylic acids is 1. The lowest BCUT2D eigenvalue weighted by molar-refractivity contribution is -0.184. The van der Waals surface area contributed by atoms with Gasteiger partial charge in [0.25, 0.3) is 0 Å². The smallest absolute Gasteiger partial charge is 0.240 e. The van der Waals surface area contributed by atoms with E-state index in [-0.39, 0.29) is 17.6 Å². The number of fused-ring (bicyclic) bond motifs is 1. The molecule has 1 spiro atoms. The van der Waals surface area contributed by atoms with E-state index >= 15 is 0 Å². The Morgan fingerprint density at radius 2 is 1.80 bits per heavy atom. The number of amides is 1. The van der Waals surface area contributed by atoms with Crippen molar-refractivity contribution in [2.24, 2.45) is 11.7 Å². The number of aromatic nitrogens is 2. The zero-order valence-electron chi connectivity index (χ0n) is 20.9. The van der Waals surface area contributed by atoms with E-state index in [1.54, 1.807) is 0 Å². The van der Waals surface area contributed by atoms with E-state index in [0.717, 1.165) is 81.8 Å². The number of hydrogen-bond acceptors (Lipinski definition) is 8. The molecule has 0 radical (unpaired) electrons. The zero-order chi connectivity index (χ0) is 24.4. The minimum Gasteiger partial charge on any atom is -0.368 e.